The van der Waals surface area contributed by atoms with E-state index in [0.717, 1.165) is 33.0 Å². The molecule has 1 unspecified atom stereocenters. The van der Waals surface area contributed by atoms with Crippen molar-refractivity contribution in [3.8, 4) is 0 Å². The highest BCUT2D eigenvalue weighted by Crippen LogP contribution is 2.28. The van der Waals surface area contributed by atoms with Gasteiger partial charge in [-0.3, -0.25) is 9.20 Å². The highest BCUT2D eigenvalue weighted by molar-refractivity contribution is 8.00. The number of para-hydroxylation sites is 2. The van der Waals surface area contributed by atoms with Gasteiger partial charge in [0.15, 0.2) is 10.8 Å². The largest absolute Gasteiger partial charge is 0.325 e. The number of anilines is 1. The number of thioether (sulfide) groups is 1. The van der Waals surface area contributed by atoms with Crippen molar-refractivity contribution in [3.05, 3.63) is 66.2 Å². The van der Waals surface area contributed by atoms with E-state index >= 15 is 0 Å². The molecule has 0 bridgehead atoms. The average Bonchev–Trinajstić information content (AvgIpc) is 3.11. The molecular formula is C21H20N4OS. The topological polar surface area (TPSA) is 59.3 Å². The van der Waals surface area contributed by atoms with Crippen LogP contribution >= 0.6 is 11.8 Å². The molecule has 0 aliphatic heterocycles. The van der Waals surface area contributed by atoms with Gasteiger partial charge >= 0.3 is 0 Å². The predicted octanol–water partition coefficient (Wildman–Crippen LogP) is 4.70. The standard InChI is InChI=1S/C21H20N4OS/c1-3-18(20(26)22-16-10-6-4-8-14(16)2)27-21-24-23-19-13-12-15-9-5-7-11-17(15)25(19)21/h4-13,18H,3H2,1-2H3,(H,22,26). The van der Waals surface area contributed by atoms with E-state index in [1.54, 1.807) is 0 Å². The Bertz CT molecular complexity index is 1120. The number of carbonyl (C=O) groups is 1. The van der Waals surface area contributed by atoms with Gasteiger partial charge in [-0.15, -0.1) is 10.2 Å². The number of nitrogens with one attached hydrogen (secondary N) is 1. The number of carbonyl (C=O) groups excluding carboxylic acids is 1. The summed E-state index contributed by atoms with van der Waals surface area (Å²) in [6.45, 7) is 4.00. The molecule has 0 radical (unpaired) electrons. The third-order valence-electron chi connectivity index (χ3n) is 4.56. The second kappa shape index (κ2) is 7.40. The zero-order chi connectivity index (χ0) is 18.8. The van der Waals surface area contributed by atoms with Crippen LogP contribution in [0.5, 0.6) is 0 Å². The van der Waals surface area contributed by atoms with Crippen molar-refractivity contribution in [2.45, 2.75) is 30.7 Å². The summed E-state index contributed by atoms with van der Waals surface area (Å²) in [5.41, 5.74) is 3.71. The molecule has 4 rings (SSSR count). The zero-order valence-corrected chi connectivity index (χ0v) is 16.0. The summed E-state index contributed by atoms with van der Waals surface area (Å²) in [6.07, 6.45) is 0.696. The molecule has 6 heteroatoms. The summed E-state index contributed by atoms with van der Waals surface area (Å²) < 4.78 is 2.02. The Hall–Kier alpha value is -2.86. The molecule has 0 aliphatic rings. The number of fused-ring (bicyclic) bond motifs is 3. The second-order valence-corrected chi connectivity index (χ2v) is 7.56. The summed E-state index contributed by atoms with van der Waals surface area (Å²) >= 11 is 1.45. The number of aryl methyl sites for hydroxylation is 1. The molecule has 1 atom stereocenters. The van der Waals surface area contributed by atoms with Gasteiger partial charge in [-0.05, 0) is 48.6 Å². The Balaban J connectivity index is 1.65. The highest BCUT2D eigenvalue weighted by atomic mass is 32.2. The fraction of sp³-hybridized carbons (Fsp3) is 0.190. The predicted molar refractivity (Wildman–Crippen MR) is 110 cm³/mol. The van der Waals surface area contributed by atoms with Gasteiger partial charge in [-0.25, -0.2) is 0 Å². The van der Waals surface area contributed by atoms with Crippen molar-refractivity contribution >= 4 is 39.9 Å². The smallest absolute Gasteiger partial charge is 0.237 e. The number of nitrogens with zero attached hydrogens (tertiary/aromatic N) is 3. The monoisotopic (exact) mass is 376 g/mol. The molecular weight excluding hydrogens is 356 g/mol. The maximum Gasteiger partial charge on any atom is 0.237 e. The van der Waals surface area contributed by atoms with Crippen molar-refractivity contribution in [2.24, 2.45) is 0 Å². The molecule has 0 saturated carbocycles. The number of hydrogen-bond donors (Lipinski definition) is 1. The number of hydrogen-bond acceptors (Lipinski definition) is 4. The van der Waals surface area contributed by atoms with Crippen molar-refractivity contribution in [3.63, 3.8) is 0 Å². The Morgan fingerprint density at radius 3 is 2.67 bits per heavy atom. The van der Waals surface area contributed by atoms with E-state index in [1.165, 1.54) is 11.8 Å². The van der Waals surface area contributed by atoms with Crippen molar-refractivity contribution < 1.29 is 4.79 Å². The van der Waals surface area contributed by atoms with Crippen molar-refractivity contribution in [2.75, 3.05) is 5.32 Å². The van der Waals surface area contributed by atoms with E-state index in [0.29, 0.717) is 6.42 Å². The van der Waals surface area contributed by atoms with Crippen LogP contribution in [0.2, 0.25) is 0 Å². The fourth-order valence-electron chi connectivity index (χ4n) is 3.06. The maximum atomic E-state index is 12.8. The molecule has 0 spiro atoms. The van der Waals surface area contributed by atoms with Crippen LogP contribution in [0, 0.1) is 6.92 Å². The van der Waals surface area contributed by atoms with E-state index < -0.39 is 0 Å². The Morgan fingerprint density at radius 1 is 1.07 bits per heavy atom. The molecule has 0 fully saturated rings. The second-order valence-electron chi connectivity index (χ2n) is 6.39. The summed E-state index contributed by atoms with van der Waals surface area (Å²) in [6, 6.07) is 19.9. The van der Waals surface area contributed by atoms with Gasteiger partial charge in [-0.2, -0.15) is 0 Å². The molecule has 2 aromatic carbocycles. The van der Waals surface area contributed by atoms with Crippen LogP contribution in [0.3, 0.4) is 0 Å². The molecule has 2 heterocycles. The number of rotatable bonds is 5. The lowest BCUT2D eigenvalue weighted by atomic mass is 10.2. The van der Waals surface area contributed by atoms with Crippen LogP contribution in [0.1, 0.15) is 18.9 Å². The van der Waals surface area contributed by atoms with Crippen LogP contribution in [-0.4, -0.2) is 25.8 Å². The third kappa shape index (κ3) is 3.40. The van der Waals surface area contributed by atoms with Crippen molar-refractivity contribution in [1.82, 2.24) is 14.6 Å². The third-order valence-corrected chi connectivity index (χ3v) is 5.87. The molecule has 0 saturated heterocycles. The Kier molecular flexibility index (Phi) is 4.81. The molecule has 4 aromatic rings. The van der Waals surface area contributed by atoms with Crippen LogP contribution in [-0.2, 0) is 4.79 Å². The summed E-state index contributed by atoms with van der Waals surface area (Å²) in [7, 11) is 0. The van der Waals surface area contributed by atoms with Gasteiger partial charge in [0.25, 0.3) is 0 Å². The minimum absolute atomic E-state index is 0.0196. The van der Waals surface area contributed by atoms with Gasteiger partial charge in [-0.1, -0.05) is 55.1 Å². The summed E-state index contributed by atoms with van der Waals surface area (Å²) in [4.78, 5) is 12.8. The van der Waals surface area contributed by atoms with Gasteiger partial charge in [0.1, 0.15) is 0 Å². The molecule has 2 aromatic heterocycles. The molecule has 1 amide bonds. The van der Waals surface area contributed by atoms with E-state index in [4.69, 9.17) is 0 Å². The number of aromatic nitrogens is 3. The first-order valence-corrected chi connectivity index (χ1v) is 9.81. The first-order chi connectivity index (χ1) is 13.2. The highest BCUT2D eigenvalue weighted by Gasteiger charge is 2.22. The first-order valence-electron chi connectivity index (χ1n) is 8.93. The lowest BCUT2D eigenvalue weighted by molar-refractivity contribution is -0.115. The van der Waals surface area contributed by atoms with Gasteiger partial charge in [0, 0.05) is 5.69 Å². The van der Waals surface area contributed by atoms with Gasteiger partial charge < -0.3 is 5.32 Å². The molecule has 136 valence electrons. The first kappa shape index (κ1) is 17.5. The number of pyridine rings is 1. The van der Waals surface area contributed by atoms with E-state index in [9.17, 15) is 4.79 Å². The number of amides is 1. The van der Waals surface area contributed by atoms with Crippen LogP contribution < -0.4 is 5.32 Å². The summed E-state index contributed by atoms with van der Waals surface area (Å²) in [5, 5.41) is 13.2. The zero-order valence-electron chi connectivity index (χ0n) is 15.2. The SMILES string of the molecule is CCC(Sc1nnc2ccc3ccccc3n12)C(=O)Nc1ccccc1C. The van der Waals surface area contributed by atoms with E-state index in [2.05, 4.69) is 21.6 Å². The van der Waals surface area contributed by atoms with E-state index in [1.807, 2.05) is 72.8 Å². The van der Waals surface area contributed by atoms with Gasteiger partial charge in [0.05, 0.1) is 10.8 Å². The maximum absolute atomic E-state index is 12.8. The van der Waals surface area contributed by atoms with Gasteiger partial charge in [0.2, 0.25) is 5.91 Å². The Labute approximate surface area is 161 Å². The minimum Gasteiger partial charge on any atom is -0.325 e. The molecule has 0 aliphatic carbocycles. The lowest BCUT2D eigenvalue weighted by Gasteiger charge is -2.15. The molecule has 1 N–H and O–H groups in total. The molecule has 5 nitrogen and oxygen atoms in total. The number of benzene rings is 2. The Morgan fingerprint density at radius 2 is 1.85 bits per heavy atom. The summed E-state index contributed by atoms with van der Waals surface area (Å²) in [5.74, 6) is -0.0196. The lowest BCUT2D eigenvalue weighted by Crippen LogP contribution is -2.25. The normalized spacial score (nSPS) is 12.4. The van der Waals surface area contributed by atoms with Crippen LogP contribution in [0.4, 0.5) is 5.69 Å². The van der Waals surface area contributed by atoms with Crippen LogP contribution in [0.15, 0.2) is 65.8 Å². The quantitative estimate of drug-likeness (QED) is 0.513. The molecule has 27 heavy (non-hydrogen) atoms. The minimum atomic E-state index is -0.254. The van der Waals surface area contributed by atoms with E-state index in [-0.39, 0.29) is 11.2 Å². The fourth-order valence-corrected chi connectivity index (χ4v) is 4.04. The average molecular weight is 376 g/mol. The van der Waals surface area contributed by atoms with Crippen molar-refractivity contribution in [1.29, 1.82) is 0 Å². The van der Waals surface area contributed by atoms with Crippen LogP contribution in [0.25, 0.3) is 16.6 Å².